The first-order chi connectivity index (χ1) is 12.2. The highest BCUT2D eigenvalue weighted by Gasteiger charge is 2.28. The van der Waals surface area contributed by atoms with E-state index in [0.29, 0.717) is 18.7 Å². The van der Waals surface area contributed by atoms with Crippen molar-refractivity contribution in [3.8, 4) is 5.75 Å². The molecule has 0 amide bonds. The van der Waals surface area contributed by atoms with Crippen LogP contribution in [0.4, 0.5) is 0 Å². The van der Waals surface area contributed by atoms with Gasteiger partial charge < -0.3 is 4.18 Å². The summed E-state index contributed by atoms with van der Waals surface area (Å²) in [5, 5.41) is 0. The zero-order chi connectivity index (χ0) is 18.9. The topological polar surface area (TPSA) is 80.8 Å². The average molecular weight is 396 g/mol. The van der Waals surface area contributed by atoms with Gasteiger partial charge in [0.05, 0.1) is 4.90 Å². The highest BCUT2D eigenvalue weighted by Crippen LogP contribution is 2.26. The molecule has 1 fully saturated rings. The van der Waals surface area contributed by atoms with Gasteiger partial charge in [-0.2, -0.15) is 12.7 Å². The number of aryl methyl sites for hydroxylation is 2. The van der Waals surface area contributed by atoms with E-state index in [9.17, 15) is 16.8 Å². The minimum atomic E-state index is -4.04. The van der Waals surface area contributed by atoms with Crippen molar-refractivity contribution in [2.45, 2.75) is 36.5 Å². The standard InChI is InChI=1S/C18H21NO5S2/c1-14-5-6-15(2)18(13-14)24-26(22,23)17-9-7-16(8-10-17)25(20,21)19-11-3-4-12-19/h5-10,13H,3-4,11-12H2,1-2H3. The summed E-state index contributed by atoms with van der Waals surface area (Å²) in [6.07, 6.45) is 1.69. The van der Waals surface area contributed by atoms with Crippen LogP contribution in [-0.2, 0) is 20.1 Å². The third kappa shape index (κ3) is 3.77. The molecule has 0 N–H and O–H groups in total. The van der Waals surface area contributed by atoms with E-state index in [0.717, 1.165) is 18.4 Å². The lowest BCUT2D eigenvalue weighted by molar-refractivity contribution is 0.476. The fourth-order valence-electron chi connectivity index (χ4n) is 2.82. The Morgan fingerprint density at radius 1 is 0.846 bits per heavy atom. The Kier molecular flexibility index (Phi) is 5.09. The normalized spacial score (nSPS) is 15.9. The van der Waals surface area contributed by atoms with E-state index in [-0.39, 0.29) is 15.5 Å². The van der Waals surface area contributed by atoms with Crippen LogP contribution >= 0.6 is 0 Å². The first-order valence-electron chi connectivity index (χ1n) is 8.32. The zero-order valence-corrected chi connectivity index (χ0v) is 16.3. The molecule has 140 valence electrons. The number of sulfonamides is 1. The van der Waals surface area contributed by atoms with Gasteiger partial charge in [-0.05, 0) is 68.1 Å². The van der Waals surface area contributed by atoms with Crippen LogP contribution < -0.4 is 4.18 Å². The van der Waals surface area contributed by atoms with Crippen molar-refractivity contribution in [3.63, 3.8) is 0 Å². The van der Waals surface area contributed by atoms with Crippen LogP contribution in [0.5, 0.6) is 5.75 Å². The Hall–Kier alpha value is -1.90. The Bertz CT molecular complexity index is 1010. The number of nitrogens with zero attached hydrogens (tertiary/aromatic N) is 1. The molecule has 0 atom stereocenters. The van der Waals surface area contributed by atoms with Crippen molar-refractivity contribution in [2.75, 3.05) is 13.1 Å². The quantitative estimate of drug-likeness (QED) is 0.727. The van der Waals surface area contributed by atoms with Gasteiger partial charge in [-0.15, -0.1) is 0 Å². The third-order valence-corrected chi connectivity index (χ3v) is 7.52. The van der Waals surface area contributed by atoms with E-state index >= 15 is 0 Å². The summed E-state index contributed by atoms with van der Waals surface area (Å²) in [6.45, 7) is 4.60. The molecule has 2 aromatic carbocycles. The van der Waals surface area contributed by atoms with Crippen molar-refractivity contribution >= 4 is 20.1 Å². The molecule has 26 heavy (non-hydrogen) atoms. The molecule has 2 aromatic rings. The van der Waals surface area contributed by atoms with Crippen LogP contribution in [0.1, 0.15) is 24.0 Å². The molecule has 0 radical (unpaired) electrons. The maximum absolute atomic E-state index is 12.5. The summed E-state index contributed by atoms with van der Waals surface area (Å²) in [7, 11) is -7.62. The second-order valence-corrected chi connectivity index (χ2v) is 9.87. The predicted molar refractivity (Wildman–Crippen MR) is 98.2 cm³/mol. The molecular weight excluding hydrogens is 374 g/mol. The van der Waals surface area contributed by atoms with Gasteiger partial charge >= 0.3 is 10.1 Å². The third-order valence-electron chi connectivity index (χ3n) is 4.36. The summed E-state index contributed by atoms with van der Waals surface area (Å²) in [6, 6.07) is 10.5. The van der Waals surface area contributed by atoms with Gasteiger partial charge in [0.1, 0.15) is 10.6 Å². The van der Waals surface area contributed by atoms with E-state index in [2.05, 4.69) is 0 Å². The summed E-state index contributed by atoms with van der Waals surface area (Å²) in [5.74, 6) is 0.263. The van der Waals surface area contributed by atoms with Crippen LogP contribution in [0.3, 0.4) is 0 Å². The van der Waals surface area contributed by atoms with Gasteiger partial charge in [-0.25, -0.2) is 8.42 Å². The highest BCUT2D eigenvalue weighted by atomic mass is 32.2. The van der Waals surface area contributed by atoms with Crippen LogP contribution in [-0.4, -0.2) is 34.2 Å². The number of benzene rings is 2. The maximum Gasteiger partial charge on any atom is 0.339 e. The Morgan fingerprint density at radius 2 is 1.42 bits per heavy atom. The predicted octanol–water partition coefficient (Wildman–Crippen LogP) is 2.86. The molecule has 0 aromatic heterocycles. The minimum Gasteiger partial charge on any atom is -0.379 e. The molecule has 1 saturated heterocycles. The van der Waals surface area contributed by atoms with E-state index in [4.69, 9.17) is 4.18 Å². The van der Waals surface area contributed by atoms with Crippen molar-refractivity contribution in [1.29, 1.82) is 0 Å². The number of rotatable bonds is 5. The molecule has 8 heteroatoms. The van der Waals surface area contributed by atoms with Gasteiger partial charge in [-0.3, -0.25) is 0 Å². The molecular formula is C18H21NO5S2. The average Bonchev–Trinajstić information content (AvgIpc) is 3.13. The molecule has 0 spiro atoms. The zero-order valence-electron chi connectivity index (χ0n) is 14.7. The molecule has 1 heterocycles. The first-order valence-corrected chi connectivity index (χ1v) is 11.2. The van der Waals surface area contributed by atoms with Crippen molar-refractivity contribution in [1.82, 2.24) is 4.31 Å². The fourth-order valence-corrected chi connectivity index (χ4v) is 5.32. The number of hydrogen-bond acceptors (Lipinski definition) is 5. The van der Waals surface area contributed by atoms with E-state index in [1.54, 1.807) is 19.1 Å². The molecule has 0 saturated carbocycles. The van der Waals surface area contributed by atoms with Crippen LogP contribution in [0.25, 0.3) is 0 Å². The summed E-state index contributed by atoms with van der Waals surface area (Å²) >= 11 is 0. The first kappa shape index (κ1) is 18.9. The van der Waals surface area contributed by atoms with E-state index in [1.807, 2.05) is 13.0 Å². The minimum absolute atomic E-state index is 0.0845. The number of hydrogen-bond donors (Lipinski definition) is 0. The Morgan fingerprint density at radius 3 is 2.04 bits per heavy atom. The maximum atomic E-state index is 12.5. The van der Waals surface area contributed by atoms with Gasteiger partial charge in [-0.1, -0.05) is 12.1 Å². The molecule has 1 aliphatic heterocycles. The summed E-state index contributed by atoms with van der Waals surface area (Å²) < 4.78 is 56.7. The van der Waals surface area contributed by atoms with Crippen molar-refractivity contribution in [2.24, 2.45) is 0 Å². The fraction of sp³-hybridized carbons (Fsp3) is 0.333. The molecule has 1 aliphatic rings. The molecule has 6 nitrogen and oxygen atoms in total. The lowest BCUT2D eigenvalue weighted by Crippen LogP contribution is -2.27. The van der Waals surface area contributed by atoms with Gasteiger partial charge in [0.2, 0.25) is 10.0 Å². The van der Waals surface area contributed by atoms with Gasteiger partial charge in [0.15, 0.2) is 0 Å². The van der Waals surface area contributed by atoms with Crippen molar-refractivity contribution in [3.05, 3.63) is 53.6 Å². The largest absolute Gasteiger partial charge is 0.379 e. The lowest BCUT2D eigenvalue weighted by Gasteiger charge is -2.15. The van der Waals surface area contributed by atoms with E-state index in [1.165, 1.54) is 28.6 Å². The summed E-state index contributed by atoms with van der Waals surface area (Å²) in [4.78, 5) is 0.00358. The molecule has 0 bridgehead atoms. The lowest BCUT2D eigenvalue weighted by atomic mass is 10.1. The van der Waals surface area contributed by atoms with Gasteiger partial charge in [0, 0.05) is 13.1 Å². The smallest absolute Gasteiger partial charge is 0.339 e. The molecule has 0 aliphatic carbocycles. The Balaban J connectivity index is 1.86. The van der Waals surface area contributed by atoms with Gasteiger partial charge in [0.25, 0.3) is 0 Å². The second kappa shape index (κ2) is 7.02. The Labute approximate surface area is 154 Å². The molecule has 0 unspecified atom stereocenters. The van der Waals surface area contributed by atoms with Crippen LogP contribution in [0.2, 0.25) is 0 Å². The SMILES string of the molecule is Cc1ccc(C)c(OS(=O)(=O)c2ccc(S(=O)(=O)N3CCCC3)cc2)c1. The van der Waals surface area contributed by atoms with Crippen LogP contribution in [0, 0.1) is 13.8 Å². The highest BCUT2D eigenvalue weighted by molar-refractivity contribution is 7.89. The van der Waals surface area contributed by atoms with E-state index < -0.39 is 20.1 Å². The summed E-state index contributed by atoms with van der Waals surface area (Å²) in [5.41, 5.74) is 1.58. The molecule has 3 rings (SSSR count). The van der Waals surface area contributed by atoms with Crippen LogP contribution in [0.15, 0.2) is 52.3 Å². The monoisotopic (exact) mass is 395 g/mol. The van der Waals surface area contributed by atoms with Crippen molar-refractivity contribution < 1.29 is 21.0 Å². The second-order valence-electron chi connectivity index (χ2n) is 6.39.